The first-order valence-electron chi connectivity index (χ1n) is 6.25. The van der Waals surface area contributed by atoms with E-state index in [-0.39, 0.29) is 13.2 Å². The van der Waals surface area contributed by atoms with Gasteiger partial charge in [-0.15, -0.1) is 0 Å². The van der Waals surface area contributed by atoms with Gasteiger partial charge in [0.2, 0.25) is 0 Å². The van der Waals surface area contributed by atoms with Crippen molar-refractivity contribution in [1.82, 2.24) is 4.57 Å². The lowest BCUT2D eigenvalue weighted by Gasteiger charge is -2.21. The Labute approximate surface area is 120 Å². The van der Waals surface area contributed by atoms with Crippen molar-refractivity contribution in [2.24, 2.45) is 5.41 Å². The van der Waals surface area contributed by atoms with E-state index in [0.29, 0.717) is 0 Å². The van der Waals surface area contributed by atoms with Crippen LogP contribution in [0.5, 0.6) is 0 Å². The third kappa shape index (κ3) is 3.74. The lowest BCUT2D eigenvalue weighted by atomic mass is 9.88. The summed E-state index contributed by atoms with van der Waals surface area (Å²) in [5.74, 6) is -1.13. The number of carbonyl (C=O) groups excluding carboxylic acids is 2. The van der Waals surface area contributed by atoms with Crippen LogP contribution in [0, 0.1) is 15.5 Å². The van der Waals surface area contributed by atoms with Crippen molar-refractivity contribution in [3.05, 3.63) is 38.8 Å². The summed E-state index contributed by atoms with van der Waals surface area (Å²) in [6, 6.07) is 1.00. The van der Waals surface area contributed by atoms with E-state index in [9.17, 15) is 24.5 Å². The molecule has 0 spiro atoms. The smallest absolute Gasteiger partial charge is 0.332 e. The highest BCUT2D eigenvalue weighted by Gasteiger charge is 2.37. The number of ketones is 1. The Morgan fingerprint density at radius 3 is 2.57 bits per heavy atom. The summed E-state index contributed by atoms with van der Waals surface area (Å²) >= 11 is 0. The predicted octanol–water partition coefficient (Wildman–Crippen LogP) is 0.915. The number of hydrogen-bond donors (Lipinski definition) is 0. The van der Waals surface area contributed by atoms with E-state index in [1.165, 1.54) is 24.6 Å². The van der Waals surface area contributed by atoms with Crippen LogP contribution in [0.4, 0.5) is 5.69 Å². The number of aromatic nitrogens is 1. The van der Waals surface area contributed by atoms with Crippen molar-refractivity contribution >= 4 is 17.4 Å². The fourth-order valence-corrected chi connectivity index (χ4v) is 1.54. The van der Waals surface area contributed by atoms with Crippen LogP contribution in [0.15, 0.2) is 23.3 Å². The van der Waals surface area contributed by atoms with E-state index in [0.717, 1.165) is 12.3 Å². The highest BCUT2D eigenvalue weighted by molar-refractivity contribution is 6.02. The number of carbonyl (C=O) groups is 2. The molecule has 1 heterocycles. The molecular formula is C13H16N2O6. The van der Waals surface area contributed by atoms with Gasteiger partial charge in [0.15, 0.2) is 5.78 Å². The number of Topliss-reactive ketones (excluding diaryl/α,β-unsaturated/α-hetero) is 1. The molecule has 114 valence electrons. The van der Waals surface area contributed by atoms with Crippen LogP contribution in [-0.4, -0.2) is 27.8 Å². The minimum Gasteiger partial charge on any atom is -0.465 e. The van der Waals surface area contributed by atoms with Crippen LogP contribution >= 0.6 is 0 Å². The molecule has 8 heteroatoms. The number of esters is 1. The second-order valence-corrected chi connectivity index (χ2v) is 4.89. The Kier molecular flexibility index (Phi) is 4.96. The molecule has 0 aliphatic carbocycles. The van der Waals surface area contributed by atoms with Gasteiger partial charge in [-0.1, -0.05) is 0 Å². The molecule has 0 radical (unpaired) electrons. The third-order valence-electron chi connectivity index (χ3n) is 2.96. The van der Waals surface area contributed by atoms with E-state index < -0.39 is 33.2 Å². The van der Waals surface area contributed by atoms with Crippen molar-refractivity contribution in [3.8, 4) is 0 Å². The number of ether oxygens (including phenoxy) is 1. The molecule has 8 nitrogen and oxygen atoms in total. The summed E-state index contributed by atoms with van der Waals surface area (Å²) in [4.78, 5) is 45.0. The number of nitrogens with zero attached hydrogens (tertiary/aromatic N) is 2. The van der Waals surface area contributed by atoms with Crippen LogP contribution in [0.1, 0.15) is 20.8 Å². The van der Waals surface area contributed by atoms with Crippen molar-refractivity contribution in [3.63, 3.8) is 0 Å². The van der Waals surface area contributed by atoms with E-state index in [2.05, 4.69) is 0 Å². The van der Waals surface area contributed by atoms with Crippen LogP contribution in [0.2, 0.25) is 0 Å². The number of pyridine rings is 1. The molecule has 0 unspecified atom stereocenters. The van der Waals surface area contributed by atoms with E-state index in [1.54, 1.807) is 6.92 Å². The first-order chi connectivity index (χ1) is 9.70. The molecule has 0 atom stereocenters. The SMILES string of the molecule is CCOC(=O)C(C)(C)C(=O)Cn1ccc(=O)c([N+](=O)[O-])c1. The molecule has 0 saturated carbocycles. The van der Waals surface area contributed by atoms with Crippen LogP contribution in [0.25, 0.3) is 0 Å². The van der Waals surface area contributed by atoms with Crippen LogP contribution < -0.4 is 5.43 Å². The lowest BCUT2D eigenvalue weighted by molar-refractivity contribution is -0.386. The summed E-state index contributed by atoms with van der Waals surface area (Å²) in [5, 5.41) is 10.7. The van der Waals surface area contributed by atoms with Crippen molar-refractivity contribution in [2.45, 2.75) is 27.3 Å². The van der Waals surface area contributed by atoms with Gasteiger partial charge in [-0.05, 0) is 20.8 Å². The number of nitro groups is 1. The average Bonchev–Trinajstić information content (AvgIpc) is 2.40. The Balaban J connectivity index is 2.98. The van der Waals surface area contributed by atoms with Crippen molar-refractivity contribution in [1.29, 1.82) is 0 Å². The van der Waals surface area contributed by atoms with Gasteiger partial charge in [-0.25, -0.2) is 0 Å². The predicted molar refractivity (Wildman–Crippen MR) is 72.8 cm³/mol. The van der Waals surface area contributed by atoms with Gasteiger partial charge in [-0.2, -0.15) is 0 Å². The summed E-state index contributed by atoms with van der Waals surface area (Å²) < 4.78 is 6.02. The monoisotopic (exact) mass is 296 g/mol. The Morgan fingerprint density at radius 1 is 1.43 bits per heavy atom. The average molecular weight is 296 g/mol. The second kappa shape index (κ2) is 6.29. The van der Waals surface area contributed by atoms with Gasteiger partial charge in [0.1, 0.15) is 5.41 Å². The zero-order chi connectivity index (χ0) is 16.2. The first-order valence-corrected chi connectivity index (χ1v) is 6.25. The molecular weight excluding hydrogens is 280 g/mol. The van der Waals surface area contributed by atoms with Gasteiger partial charge in [-0.3, -0.25) is 24.5 Å². The largest absolute Gasteiger partial charge is 0.465 e. The maximum atomic E-state index is 12.1. The maximum absolute atomic E-state index is 12.1. The molecule has 0 N–H and O–H groups in total. The zero-order valence-electron chi connectivity index (χ0n) is 12.0. The van der Waals surface area contributed by atoms with E-state index in [4.69, 9.17) is 4.74 Å². The maximum Gasteiger partial charge on any atom is 0.332 e. The number of rotatable bonds is 6. The lowest BCUT2D eigenvalue weighted by Crippen LogP contribution is -2.37. The van der Waals surface area contributed by atoms with Gasteiger partial charge >= 0.3 is 11.7 Å². The third-order valence-corrected chi connectivity index (χ3v) is 2.96. The summed E-state index contributed by atoms with van der Waals surface area (Å²) in [6.07, 6.45) is 2.23. The Bertz CT molecular complexity index is 632. The Hall–Kier alpha value is -2.51. The second-order valence-electron chi connectivity index (χ2n) is 4.89. The molecule has 1 aromatic rings. The van der Waals surface area contributed by atoms with Crippen LogP contribution in [0.3, 0.4) is 0 Å². The highest BCUT2D eigenvalue weighted by atomic mass is 16.6. The minimum absolute atomic E-state index is 0.152. The molecule has 21 heavy (non-hydrogen) atoms. The zero-order valence-corrected chi connectivity index (χ0v) is 12.0. The first kappa shape index (κ1) is 16.5. The number of hydrogen-bond acceptors (Lipinski definition) is 6. The van der Waals surface area contributed by atoms with Gasteiger partial charge in [0.05, 0.1) is 24.3 Å². The van der Waals surface area contributed by atoms with Crippen molar-refractivity contribution in [2.75, 3.05) is 6.61 Å². The van der Waals surface area contributed by atoms with Gasteiger partial charge in [0.25, 0.3) is 5.43 Å². The van der Waals surface area contributed by atoms with E-state index in [1.807, 2.05) is 0 Å². The molecule has 1 rings (SSSR count). The van der Waals surface area contributed by atoms with E-state index >= 15 is 0 Å². The molecule has 0 aliphatic heterocycles. The topological polar surface area (TPSA) is 109 Å². The Morgan fingerprint density at radius 2 is 2.05 bits per heavy atom. The molecule has 0 amide bonds. The van der Waals surface area contributed by atoms with Gasteiger partial charge < -0.3 is 9.30 Å². The quantitative estimate of drug-likeness (QED) is 0.334. The molecule has 0 saturated heterocycles. The summed E-state index contributed by atoms with van der Waals surface area (Å²) in [6.45, 7) is 4.35. The van der Waals surface area contributed by atoms with Crippen LogP contribution in [-0.2, 0) is 20.9 Å². The normalized spacial score (nSPS) is 11.0. The van der Waals surface area contributed by atoms with Gasteiger partial charge in [0, 0.05) is 12.3 Å². The molecule has 0 aliphatic rings. The standard InChI is InChI=1S/C13H16N2O6/c1-4-21-12(18)13(2,3)11(17)8-14-6-5-10(16)9(7-14)15(19)20/h5-7H,4,8H2,1-3H3. The fraction of sp³-hybridized carbons (Fsp3) is 0.462. The highest BCUT2D eigenvalue weighted by Crippen LogP contribution is 2.20. The fourth-order valence-electron chi connectivity index (χ4n) is 1.54. The molecule has 0 aromatic carbocycles. The molecule has 0 bridgehead atoms. The molecule has 1 aromatic heterocycles. The summed E-state index contributed by atoms with van der Waals surface area (Å²) in [5.41, 5.74) is -2.74. The molecule has 0 fully saturated rings. The summed E-state index contributed by atoms with van der Waals surface area (Å²) in [7, 11) is 0. The minimum atomic E-state index is -1.37. The van der Waals surface area contributed by atoms with Crippen molar-refractivity contribution < 1.29 is 19.2 Å².